The van der Waals surface area contributed by atoms with E-state index in [0.29, 0.717) is 41.4 Å². The Morgan fingerprint density at radius 1 is 1.27 bits per heavy atom. The van der Waals surface area contributed by atoms with Gasteiger partial charge in [0.25, 0.3) is 5.91 Å². The van der Waals surface area contributed by atoms with Crippen LogP contribution >= 0.6 is 11.6 Å². The third-order valence-electron chi connectivity index (χ3n) is 3.32. The molecule has 9 heteroatoms. The first-order valence-corrected chi connectivity index (χ1v) is 7.90. The maximum atomic E-state index is 13.4. The van der Waals surface area contributed by atoms with Gasteiger partial charge in [-0.3, -0.25) is 4.79 Å². The number of hydrogen-bond acceptors (Lipinski definition) is 5. The van der Waals surface area contributed by atoms with Gasteiger partial charge >= 0.3 is 0 Å². The van der Waals surface area contributed by atoms with E-state index >= 15 is 0 Å². The van der Waals surface area contributed by atoms with E-state index in [1.54, 1.807) is 12.1 Å². The number of carbonyl (C=O) groups is 1. The summed E-state index contributed by atoms with van der Waals surface area (Å²) in [6.45, 7) is 0.883. The Kier molecular flexibility index (Phi) is 5.52. The van der Waals surface area contributed by atoms with Gasteiger partial charge in [-0.2, -0.15) is 0 Å². The van der Waals surface area contributed by atoms with E-state index < -0.39 is 17.5 Å². The molecule has 26 heavy (non-hydrogen) atoms. The topological polar surface area (TPSA) is 69.2 Å². The van der Waals surface area contributed by atoms with E-state index in [2.05, 4.69) is 10.5 Å². The second-order valence-electron chi connectivity index (χ2n) is 5.22. The molecule has 136 valence electrons. The number of amides is 1. The number of nitrogens with one attached hydrogen (secondary N) is 1. The summed E-state index contributed by atoms with van der Waals surface area (Å²) in [4.78, 5) is 16.7. The molecule has 0 spiro atoms. The standard InChI is InChI=1S/C17H13ClF2N2O4/c18-12-5-10(6-15-17(12)25-4-3-24-15)9-26-21-8-16(23)22-14-2-1-11(19)7-13(14)20/h1-2,5-8H,3-4,9H2,(H,22,23). The highest BCUT2D eigenvalue weighted by molar-refractivity contribution is 6.32. The number of benzene rings is 2. The van der Waals surface area contributed by atoms with Gasteiger partial charge in [-0.15, -0.1) is 0 Å². The third-order valence-corrected chi connectivity index (χ3v) is 3.60. The Morgan fingerprint density at radius 2 is 2.08 bits per heavy atom. The van der Waals surface area contributed by atoms with Crippen molar-refractivity contribution in [2.24, 2.45) is 5.16 Å². The Labute approximate surface area is 152 Å². The molecule has 0 unspecified atom stereocenters. The highest BCUT2D eigenvalue weighted by atomic mass is 35.5. The van der Waals surface area contributed by atoms with Crippen LogP contribution in [0.1, 0.15) is 5.56 Å². The van der Waals surface area contributed by atoms with Crippen LogP contribution < -0.4 is 14.8 Å². The first kappa shape index (κ1) is 17.9. The number of fused-ring (bicyclic) bond motifs is 1. The largest absolute Gasteiger partial charge is 0.486 e. The molecule has 0 bridgehead atoms. The molecule has 0 aromatic heterocycles. The minimum absolute atomic E-state index is 0.0328. The van der Waals surface area contributed by atoms with Crippen LogP contribution in [0.2, 0.25) is 5.02 Å². The lowest BCUT2D eigenvalue weighted by molar-refractivity contribution is -0.110. The zero-order valence-electron chi connectivity index (χ0n) is 13.3. The molecule has 0 radical (unpaired) electrons. The molecule has 0 saturated heterocycles. The van der Waals surface area contributed by atoms with E-state index in [0.717, 1.165) is 18.3 Å². The van der Waals surface area contributed by atoms with Crippen LogP contribution in [0.15, 0.2) is 35.5 Å². The van der Waals surface area contributed by atoms with Crippen LogP contribution in [-0.4, -0.2) is 25.3 Å². The first-order chi connectivity index (χ1) is 12.5. The SMILES string of the molecule is O=C(C=NOCc1cc(Cl)c2c(c1)OCCO2)Nc1ccc(F)cc1F. The lowest BCUT2D eigenvalue weighted by Crippen LogP contribution is -2.16. The summed E-state index contributed by atoms with van der Waals surface area (Å²) in [5, 5.41) is 6.11. The predicted molar refractivity (Wildman–Crippen MR) is 90.7 cm³/mol. The second-order valence-corrected chi connectivity index (χ2v) is 5.63. The summed E-state index contributed by atoms with van der Waals surface area (Å²) >= 11 is 6.10. The highest BCUT2D eigenvalue weighted by Crippen LogP contribution is 2.38. The van der Waals surface area contributed by atoms with Crippen LogP contribution in [0.5, 0.6) is 11.5 Å². The minimum atomic E-state index is -0.890. The van der Waals surface area contributed by atoms with Gasteiger partial charge in [-0.05, 0) is 29.8 Å². The van der Waals surface area contributed by atoms with Crippen LogP contribution in [0.25, 0.3) is 0 Å². The van der Waals surface area contributed by atoms with E-state index in [-0.39, 0.29) is 12.3 Å². The van der Waals surface area contributed by atoms with Crippen molar-refractivity contribution in [3.05, 3.63) is 52.6 Å². The smallest absolute Gasteiger partial charge is 0.270 e. The molecule has 0 saturated carbocycles. The average Bonchev–Trinajstić information content (AvgIpc) is 2.61. The fraction of sp³-hybridized carbons (Fsp3) is 0.176. The number of anilines is 1. The van der Waals surface area contributed by atoms with E-state index in [1.807, 2.05) is 0 Å². The lowest BCUT2D eigenvalue weighted by atomic mass is 10.2. The van der Waals surface area contributed by atoms with Crippen molar-refractivity contribution in [1.82, 2.24) is 0 Å². The maximum absolute atomic E-state index is 13.4. The second kappa shape index (κ2) is 8.01. The predicted octanol–water partition coefficient (Wildman–Crippen LogP) is 3.53. The molecule has 2 aromatic rings. The molecule has 0 atom stereocenters. The Bertz CT molecular complexity index is 861. The summed E-state index contributed by atoms with van der Waals surface area (Å²) in [6.07, 6.45) is 0.836. The molecule has 1 aliphatic heterocycles. The van der Waals surface area contributed by atoms with Crippen LogP contribution in [0.3, 0.4) is 0 Å². The molecular weight excluding hydrogens is 370 g/mol. The molecule has 3 rings (SSSR count). The third kappa shape index (κ3) is 4.40. The van der Waals surface area contributed by atoms with Crippen molar-refractivity contribution in [2.75, 3.05) is 18.5 Å². The minimum Gasteiger partial charge on any atom is -0.486 e. The molecule has 2 aromatic carbocycles. The van der Waals surface area contributed by atoms with Crippen molar-refractivity contribution >= 4 is 29.4 Å². The number of carbonyl (C=O) groups excluding carboxylic acids is 1. The summed E-state index contributed by atoms with van der Waals surface area (Å²) in [5.41, 5.74) is 0.503. The van der Waals surface area contributed by atoms with Gasteiger partial charge in [0.1, 0.15) is 37.7 Å². The van der Waals surface area contributed by atoms with Crippen molar-refractivity contribution in [1.29, 1.82) is 0 Å². The zero-order valence-corrected chi connectivity index (χ0v) is 14.1. The van der Waals surface area contributed by atoms with Crippen LogP contribution in [0.4, 0.5) is 14.5 Å². The lowest BCUT2D eigenvalue weighted by Gasteiger charge is -2.20. The number of halogens is 3. The molecule has 1 N–H and O–H groups in total. The first-order valence-electron chi connectivity index (χ1n) is 7.52. The molecule has 1 heterocycles. The van der Waals surface area contributed by atoms with Crippen molar-refractivity contribution in [3.63, 3.8) is 0 Å². The van der Waals surface area contributed by atoms with Crippen LogP contribution in [-0.2, 0) is 16.2 Å². The molecular formula is C17H13ClF2N2O4. The van der Waals surface area contributed by atoms with Crippen LogP contribution in [0, 0.1) is 11.6 Å². The number of ether oxygens (including phenoxy) is 2. The summed E-state index contributed by atoms with van der Waals surface area (Å²) < 4.78 is 37.1. The van der Waals surface area contributed by atoms with Gasteiger partial charge < -0.3 is 19.6 Å². The maximum Gasteiger partial charge on any atom is 0.270 e. The molecule has 0 fully saturated rings. The van der Waals surface area contributed by atoms with Crippen molar-refractivity contribution < 1.29 is 27.9 Å². The average molecular weight is 383 g/mol. The molecule has 6 nitrogen and oxygen atoms in total. The fourth-order valence-electron chi connectivity index (χ4n) is 2.20. The van der Waals surface area contributed by atoms with Gasteiger partial charge in [0, 0.05) is 6.07 Å². The summed E-state index contributed by atoms with van der Waals surface area (Å²) in [5.74, 6) is -1.37. The summed E-state index contributed by atoms with van der Waals surface area (Å²) in [6, 6.07) is 6.13. The molecule has 1 amide bonds. The zero-order chi connectivity index (χ0) is 18.5. The summed E-state index contributed by atoms with van der Waals surface area (Å²) in [7, 11) is 0. The number of nitrogens with zero attached hydrogens (tertiary/aromatic N) is 1. The van der Waals surface area contributed by atoms with E-state index in [9.17, 15) is 13.6 Å². The van der Waals surface area contributed by atoms with Gasteiger partial charge in [0.05, 0.1) is 10.7 Å². The number of oxime groups is 1. The van der Waals surface area contributed by atoms with Gasteiger partial charge in [-0.1, -0.05) is 16.8 Å². The molecule has 1 aliphatic rings. The van der Waals surface area contributed by atoms with E-state index in [1.165, 1.54) is 0 Å². The van der Waals surface area contributed by atoms with E-state index in [4.69, 9.17) is 25.9 Å². The van der Waals surface area contributed by atoms with Gasteiger partial charge in [0.15, 0.2) is 11.5 Å². The normalized spacial score (nSPS) is 12.9. The Hall–Kier alpha value is -2.87. The monoisotopic (exact) mass is 382 g/mol. The molecule has 0 aliphatic carbocycles. The van der Waals surface area contributed by atoms with Gasteiger partial charge in [-0.25, -0.2) is 8.78 Å². The van der Waals surface area contributed by atoms with Gasteiger partial charge in [0.2, 0.25) is 0 Å². The Morgan fingerprint density at radius 3 is 2.88 bits per heavy atom. The Balaban J connectivity index is 1.54. The quantitative estimate of drug-likeness (QED) is 0.634. The fourth-order valence-corrected chi connectivity index (χ4v) is 2.49. The number of rotatable bonds is 5. The van der Waals surface area contributed by atoms with Crippen molar-refractivity contribution in [2.45, 2.75) is 6.61 Å². The van der Waals surface area contributed by atoms with Crippen molar-refractivity contribution in [3.8, 4) is 11.5 Å². The number of hydrogen-bond donors (Lipinski definition) is 1. The highest BCUT2D eigenvalue weighted by Gasteiger charge is 2.16.